The Morgan fingerprint density at radius 3 is 2.74 bits per heavy atom. The lowest BCUT2D eigenvalue weighted by Crippen LogP contribution is -2.34. The maximum atomic E-state index is 12.1. The third kappa shape index (κ3) is 7.20. The molecule has 0 N–H and O–H groups in total. The van der Waals surface area contributed by atoms with E-state index < -0.39 is 23.0 Å². The first-order valence-corrected chi connectivity index (χ1v) is 9.45. The molecule has 1 unspecified atom stereocenters. The normalized spacial score (nSPS) is 17.6. The van der Waals surface area contributed by atoms with Crippen molar-refractivity contribution >= 4 is 29.5 Å². The van der Waals surface area contributed by atoms with Gasteiger partial charge in [0.1, 0.15) is 0 Å². The van der Waals surface area contributed by atoms with Crippen molar-refractivity contribution in [1.29, 1.82) is 0 Å². The molecule has 0 aromatic rings. The van der Waals surface area contributed by atoms with Crippen LogP contribution in [0.4, 0.5) is 0 Å². The molecule has 1 saturated heterocycles. The Hall–Kier alpha value is -1.30. The molecule has 5 nitrogen and oxygen atoms in total. The van der Waals surface area contributed by atoms with E-state index in [9.17, 15) is 14.4 Å². The Morgan fingerprint density at radius 1 is 1.30 bits per heavy atom. The molecule has 1 rings (SSSR count). The van der Waals surface area contributed by atoms with E-state index in [4.69, 9.17) is 4.84 Å². The van der Waals surface area contributed by atoms with Gasteiger partial charge in [-0.2, -0.15) is 0 Å². The van der Waals surface area contributed by atoms with E-state index in [0.29, 0.717) is 17.9 Å². The summed E-state index contributed by atoms with van der Waals surface area (Å²) in [6.45, 7) is 5.74. The SMILES string of the molecule is C=CCCCC(=O)ON1C(=O)CC(SCCCCCCC)C1=O. The lowest BCUT2D eigenvalue weighted by atomic mass is 10.2. The second-order valence-corrected chi connectivity index (χ2v) is 6.96. The van der Waals surface area contributed by atoms with Gasteiger partial charge in [0, 0.05) is 6.42 Å². The quantitative estimate of drug-likeness (QED) is 0.308. The Morgan fingerprint density at radius 2 is 2.04 bits per heavy atom. The van der Waals surface area contributed by atoms with Gasteiger partial charge in [0.15, 0.2) is 0 Å². The zero-order valence-electron chi connectivity index (χ0n) is 13.9. The Labute approximate surface area is 142 Å². The number of hydroxylamine groups is 2. The number of rotatable bonds is 12. The van der Waals surface area contributed by atoms with Gasteiger partial charge >= 0.3 is 5.97 Å². The van der Waals surface area contributed by atoms with Crippen molar-refractivity contribution in [3.8, 4) is 0 Å². The van der Waals surface area contributed by atoms with Crippen LogP contribution >= 0.6 is 11.8 Å². The zero-order chi connectivity index (χ0) is 17.1. The number of nitrogens with zero attached hydrogens (tertiary/aromatic N) is 1. The summed E-state index contributed by atoms with van der Waals surface area (Å²) in [6.07, 6.45) is 9.17. The van der Waals surface area contributed by atoms with Gasteiger partial charge in [-0.1, -0.05) is 38.7 Å². The Kier molecular flexibility index (Phi) is 9.67. The highest BCUT2D eigenvalue weighted by atomic mass is 32.2. The van der Waals surface area contributed by atoms with Crippen molar-refractivity contribution in [3.05, 3.63) is 12.7 Å². The predicted octanol–water partition coefficient (Wildman–Crippen LogP) is 3.63. The summed E-state index contributed by atoms with van der Waals surface area (Å²) in [5.74, 6) is -0.505. The largest absolute Gasteiger partial charge is 0.333 e. The van der Waals surface area contributed by atoms with Crippen LogP contribution in [0.25, 0.3) is 0 Å². The van der Waals surface area contributed by atoms with Gasteiger partial charge in [0.2, 0.25) is 0 Å². The Bertz CT molecular complexity index is 425. The number of hydrogen-bond donors (Lipinski definition) is 0. The third-order valence-electron chi connectivity index (χ3n) is 3.61. The molecule has 2 amide bonds. The lowest BCUT2D eigenvalue weighted by molar-refractivity contribution is -0.197. The van der Waals surface area contributed by atoms with E-state index in [1.165, 1.54) is 31.0 Å². The topological polar surface area (TPSA) is 63.7 Å². The number of amides is 2. The minimum absolute atomic E-state index is 0.123. The van der Waals surface area contributed by atoms with Crippen molar-refractivity contribution < 1.29 is 19.2 Å². The molecule has 0 radical (unpaired) electrons. The van der Waals surface area contributed by atoms with E-state index in [2.05, 4.69) is 13.5 Å². The molecule has 1 fully saturated rings. The zero-order valence-corrected chi connectivity index (χ0v) is 14.7. The molecule has 0 aromatic heterocycles. The lowest BCUT2D eigenvalue weighted by Gasteiger charge is -2.13. The number of imide groups is 1. The number of thioether (sulfide) groups is 1. The number of allylic oxidation sites excluding steroid dienone is 1. The first-order chi connectivity index (χ1) is 11.1. The molecular weight excluding hydrogens is 314 g/mol. The fourth-order valence-corrected chi connectivity index (χ4v) is 3.43. The van der Waals surface area contributed by atoms with Gasteiger partial charge in [-0.05, 0) is 25.0 Å². The fourth-order valence-electron chi connectivity index (χ4n) is 2.28. The highest BCUT2D eigenvalue weighted by molar-refractivity contribution is 8.00. The molecule has 0 aromatic carbocycles. The summed E-state index contributed by atoms with van der Waals surface area (Å²) < 4.78 is 0. The van der Waals surface area contributed by atoms with Crippen molar-refractivity contribution in [2.75, 3.05) is 5.75 Å². The number of carbonyl (C=O) groups excluding carboxylic acids is 3. The van der Waals surface area contributed by atoms with Gasteiger partial charge < -0.3 is 4.84 Å². The van der Waals surface area contributed by atoms with Crippen LogP contribution in [0.5, 0.6) is 0 Å². The molecule has 1 aliphatic heterocycles. The van der Waals surface area contributed by atoms with E-state index in [0.717, 1.165) is 18.6 Å². The van der Waals surface area contributed by atoms with Crippen molar-refractivity contribution in [2.45, 2.75) is 70.0 Å². The number of unbranched alkanes of at least 4 members (excludes halogenated alkanes) is 5. The van der Waals surface area contributed by atoms with E-state index in [1.807, 2.05) is 0 Å². The first-order valence-electron chi connectivity index (χ1n) is 8.40. The third-order valence-corrected chi connectivity index (χ3v) is 4.91. The molecule has 0 spiro atoms. The van der Waals surface area contributed by atoms with Crippen molar-refractivity contribution in [1.82, 2.24) is 5.06 Å². The van der Waals surface area contributed by atoms with Gasteiger partial charge in [-0.15, -0.1) is 23.4 Å². The van der Waals surface area contributed by atoms with Crippen LogP contribution < -0.4 is 0 Å². The molecule has 0 saturated carbocycles. The van der Waals surface area contributed by atoms with Crippen molar-refractivity contribution in [3.63, 3.8) is 0 Å². The highest BCUT2D eigenvalue weighted by Gasteiger charge is 2.41. The summed E-state index contributed by atoms with van der Waals surface area (Å²) in [4.78, 5) is 40.5. The predicted molar refractivity (Wildman–Crippen MR) is 91.6 cm³/mol. The smallest absolute Gasteiger partial charge is 0.330 e. The van der Waals surface area contributed by atoms with Gasteiger partial charge in [0.05, 0.1) is 11.7 Å². The standard InChI is InChI=1S/C17H27NO4S/c1-3-5-7-8-10-12-23-14-13-15(19)18(17(14)21)22-16(20)11-9-6-4-2/h4,14H,2-3,5-13H2,1H3. The van der Waals surface area contributed by atoms with Crippen LogP contribution in [0.1, 0.15) is 64.7 Å². The highest BCUT2D eigenvalue weighted by Crippen LogP contribution is 2.26. The van der Waals surface area contributed by atoms with E-state index in [1.54, 1.807) is 6.08 Å². The second-order valence-electron chi connectivity index (χ2n) is 5.65. The molecule has 1 aliphatic rings. The monoisotopic (exact) mass is 341 g/mol. The van der Waals surface area contributed by atoms with Gasteiger partial charge in [-0.3, -0.25) is 9.59 Å². The summed E-state index contributed by atoms with van der Waals surface area (Å²) in [5.41, 5.74) is 0. The number of hydrogen-bond acceptors (Lipinski definition) is 5. The molecule has 0 aliphatic carbocycles. The fraction of sp³-hybridized carbons (Fsp3) is 0.706. The summed E-state index contributed by atoms with van der Waals surface area (Å²) in [7, 11) is 0. The van der Waals surface area contributed by atoms with Crippen LogP contribution in [0, 0.1) is 0 Å². The molecule has 1 heterocycles. The minimum Gasteiger partial charge on any atom is -0.330 e. The van der Waals surface area contributed by atoms with Gasteiger partial charge in [-0.25, -0.2) is 4.79 Å². The summed E-state index contributed by atoms with van der Waals surface area (Å²) in [5, 5.41) is 0.250. The second kappa shape index (κ2) is 11.3. The molecule has 6 heteroatoms. The van der Waals surface area contributed by atoms with Crippen molar-refractivity contribution in [2.24, 2.45) is 0 Å². The summed E-state index contributed by atoms with van der Waals surface area (Å²) >= 11 is 1.49. The maximum Gasteiger partial charge on any atom is 0.333 e. The molecular formula is C17H27NO4S. The molecule has 0 bridgehead atoms. The van der Waals surface area contributed by atoms with E-state index >= 15 is 0 Å². The minimum atomic E-state index is -0.543. The molecule has 130 valence electrons. The van der Waals surface area contributed by atoms with Crippen LogP contribution in [0.3, 0.4) is 0 Å². The van der Waals surface area contributed by atoms with Crippen LogP contribution in [0.15, 0.2) is 12.7 Å². The average molecular weight is 341 g/mol. The molecule has 23 heavy (non-hydrogen) atoms. The maximum absolute atomic E-state index is 12.1. The van der Waals surface area contributed by atoms with E-state index in [-0.39, 0.29) is 12.8 Å². The summed E-state index contributed by atoms with van der Waals surface area (Å²) in [6, 6.07) is 0. The van der Waals surface area contributed by atoms with Crippen LogP contribution in [-0.2, 0) is 19.2 Å². The van der Waals surface area contributed by atoms with Crippen LogP contribution in [0.2, 0.25) is 0 Å². The van der Waals surface area contributed by atoms with Gasteiger partial charge in [0.25, 0.3) is 11.8 Å². The number of carbonyl (C=O) groups is 3. The first kappa shape index (κ1) is 19.7. The van der Waals surface area contributed by atoms with Crippen LogP contribution in [-0.4, -0.2) is 33.8 Å². The Balaban J connectivity index is 2.29. The average Bonchev–Trinajstić information content (AvgIpc) is 2.78. The molecule has 1 atom stereocenters.